The molecule has 3 aliphatic rings. The molecule has 8 nitrogen and oxygen atoms in total. The Morgan fingerprint density at radius 2 is 1.71 bits per heavy atom. The van der Waals surface area contributed by atoms with Crippen LogP contribution in [0.2, 0.25) is 0 Å². The molecule has 2 aliphatic heterocycles. The van der Waals surface area contributed by atoms with Crippen molar-refractivity contribution >= 4 is 33.6 Å². The number of amides is 2. The average Bonchev–Trinajstić information content (AvgIpc) is 3.55. The van der Waals surface area contributed by atoms with E-state index >= 15 is 0 Å². The van der Waals surface area contributed by atoms with Crippen molar-refractivity contribution in [2.75, 3.05) is 59.7 Å². The van der Waals surface area contributed by atoms with E-state index in [1.54, 1.807) is 0 Å². The molecule has 0 spiro atoms. The zero-order chi connectivity index (χ0) is 24.1. The molecule has 1 N–H and O–H groups in total. The van der Waals surface area contributed by atoms with Gasteiger partial charge < -0.3 is 19.4 Å². The fourth-order valence-electron chi connectivity index (χ4n) is 5.87. The van der Waals surface area contributed by atoms with E-state index in [2.05, 4.69) is 21.8 Å². The molecule has 2 amide bonds. The van der Waals surface area contributed by atoms with E-state index in [0.29, 0.717) is 43.4 Å². The maximum absolute atomic E-state index is 13.9. The molecule has 6 rings (SSSR count). The van der Waals surface area contributed by atoms with Crippen molar-refractivity contribution in [3.05, 3.63) is 40.5 Å². The third kappa shape index (κ3) is 3.63. The molecular formula is C27H32N4O4. The maximum Gasteiger partial charge on any atom is 0.263 e. The second-order valence-corrected chi connectivity index (χ2v) is 9.76. The van der Waals surface area contributed by atoms with Crippen LogP contribution in [0.15, 0.2) is 18.2 Å². The van der Waals surface area contributed by atoms with Crippen molar-refractivity contribution in [2.24, 2.45) is 0 Å². The highest BCUT2D eigenvalue weighted by Crippen LogP contribution is 2.45. The SMILES string of the molecule is CCOCCOc1cccc2[nH]c3c4c(c5c(c3c12)C(=O)N(CN1CCN(C)CC1)C5=O)CCC4. The topological polar surface area (TPSA) is 78.1 Å². The second kappa shape index (κ2) is 8.93. The van der Waals surface area contributed by atoms with Gasteiger partial charge in [-0.1, -0.05) is 6.07 Å². The number of aryl methyl sites for hydroxylation is 1. The number of hydrogen-bond donors (Lipinski definition) is 1. The molecule has 0 saturated carbocycles. The first kappa shape index (κ1) is 22.5. The Kier molecular flexibility index (Phi) is 5.75. The molecule has 8 heteroatoms. The molecule has 0 atom stereocenters. The number of H-pyrrole nitrogens is 1. The van der Waals surface area contributed by atoms with Crippen LogP contribution in [0, 0.1) is 0 Å². The lowest BCUT2D eigenvalue weighted by atomic mass is 9.93. The Hall–Kier alpha value is -2.94. The molecule has 1 aliphatic carbocycles. The van der Waals surface area contributed by atoms with Gasteiger partial charge in [-0.25, -0.2) is 0 Å². The van der Waals surface area contributed by atoms with Crippen molar-refractivity contribution in [3.63, 3.8) is 0 Å². The molecule has 184 valence electrons. The minimum Gasteiger partial charge on any atom is -0.490 e. The molecule has 0 bridgehead atoms. The number of hydrogen-bond acceptors (Lipinski definition) is 6. The third-order valence-corrected chi connectivity index (χ3v) is 7.65. The zero-order valence-corrected chi connectivity index (χ0v) is 20.5. The highest BCUT2D eigenvalue weighted by Gasteiger charge is 2.43. The van der Waals surface area contributed by atoms with E-state index in [0.717, 1.165) is 72.8 Å². The number of nitrogens with zero attached hydrogens (tertiary/aromatic N) is 3. The van der Waals surface area contributed by atoms with Gasteiger partial charge in [0, 0.05) is 38.2 Å². The maximum atomic E-state index is 13.9. The minimum atomic E-state index is -0.186. The van der Waals surface area contributed by atoms with E-state index in [1.165, 1.54) is 10.5 Å². The number of carbonyl (C=O) groups excluding carboxylic acids is 2. The van der Waals surface area contributed by atoms with Gasteiger partial charge in [-0.05, 0) is 56.5 Å². The second-order valence-electron chi connectivity index (χ2n) is 9.76. The number of imide groups is 1. The van der Waals surface area contributed by atoms with Crippen LogP contribution in [0.4, 0.5) is 0 Å². The Morgan fingerprint density at radius 1 is 0.943 bits per heavy atom. The van der Waals surface area contributed by atoms with Gasteiger partial charge >= 0.3 is 0 Å². The first-order valence-corrected chi connectivity index (χ1v) is 12.7. The van der Waals surface area contributed by atoms with Crippen molar-refractivity contribution in [1.29, 1.82) is 0 Å². The molecular weight excluding hydrogens is 444 g/mol. The predicted molar refractivity (Wildman–Crippen MR) is 134 cm³/mol. The van der Waals surface area contributed by atoms with Gasteiger partial charge in [-0.3, -0.25) is 19.4 Å². The summed E-state index contributed by atoms with van der Waals surface area (Å²) in [6.45, 7) is 7.44. The summed E-state index contributed by atoms with van der Waals surface area (Å²) in [4.78, 5) is 37.2. The lowest BCUT2D eigenvalue weighted by Gasteiger charge is -2.34. The van der Waals surface area contributed by atoms with Gasteiger partial charge in [0.05, 0.1) is 40.8 Å². The number of nitrogens with one attached hydrogen (secondary N) is 1. The van der Waals surface area contributed by atoms with Gasteiger partial charge in [-0.15, -0.1) is 0 Å². The van der Waals surface area contributed by atoms with Crippen molar-refractivity contribution in [3.8, 4) is 5.75 Å². The van der Waals surface area contributed by atoms with Crippen molar-refractivity contribution in [1.82, 2.24) is 19.7 Å². The number of carbonyl (C=O) groups is 2. The summed E-state index contributed by atoms with van der Waals surface area (Å²) in [6, 6.07) is 5.91. The molecule has 2 aromatic carbocycles. The molecule has 3 heterocycles. The highest BCUT2D eigenvalue weighted by molar-refractivity contribution is 6.31. The summed E-state index contributed by atoms with van der Waals surface area (Å²) in [5, 5.41) is 1.72. The third-order valence-electron chi connectivity index (χ3n) is 7.65. The van der Waals surface area contributed by atoms with Gasteiger partial charge in [0.2, 0.25) is 0 Å². The van der Waals surface area contributed by atoms with E-state index in [9.17, 15) is 9.59 Å². The lowest BCUT2D eigenvalue weighted by Crippen LogP contribution is -2.50. The smallest absolute Gasteiger partial charge is 0.263 e. The summed E-state index contributed by atoms with van der Waals surface area (Å²) in [5.74, 6) is 0.382. The number of piperazine rings is 1. The van der Waals surface area contributed by atoms with E-state index in [1.807, 2.05) is 25.1 Å². The summed E-state index contributed by atoms with van der Waals surface area (Å²) in [6.07, 6.45) is 2.74. The highest BCUT2D eigenvalue weighted by atomic mass is 16.5. The first-order chi connectivity index (χ1) is 17.1. The first-order valence-electron chi connectivity index (χ1n) is 12.7. The Bertz CT molecular complexity index is 1320. The fourth-order valence-corrected chi connectivity index (χ4v) is 5.87. The number of benzene rings is 2. The minimum absolute atomic E-state index is 0.145. The lowest BCUT2D eigenvalue weighted by molar-refractivity contribution is 0.0476. The number of fused-ring (bicyclic) bond motifs is 8. The molecule has 1 fully saturated rings. The fraction of sp³-hybridized carbons (Fsp3) is 0.481. The van der Waals surface area contributed by atoms with Gasteiger partial charge in [0.1, 0.15) is 12.4 Å². The Balaban J connectivity index is 1.47. The standard InChI is InChI=1S/C27H32N4O4/c1-3-34-14-15-35-20-9-5-8-19-22(20)23-24-21(17-6-4-7-18(17)25(23)28-19)26(32)31(27(24)33)16-30-12-10-29(2)11-13-30/h5,8-9,28H,3-4,6-7,10-16H2,1-2H3. The van der Waals surface area contributed by atoms with Crippen LogP contribution >= 0.6 is 0 Å². The molecule has 1 aromatic heterocycles. The number of ether oxygens (including phenoxy) is 2. The van der Waals surface area contributed by atoms with Crippen LogP contribution in [0.25, 0.3) is 21.8 Å². The van der Waals surface area contributed by atoms with Gasteiger partial charge in [0.15, 0.2) is 0 Å². The molecule has 0 radical (unpaired) electrons. The summed E-state index contributed by atoms with van der Waals surface area (Å²) < 4.78 is 11.6. The monoisotopic (exact) mass is 476 g/mol. The van der Waals surface area contributed by atoms with Crippen LogP contribution in [0.1, 0.15) is 45.2 Å². The quantitative estimate of drug-likeness (QED) is 0.417. The predicted octanol–water partition coefficient (Wildman–Crippen LogP) is 3.03. The molecule has 1 saturated heterocycles. The van der Waals surface area contributed by atoms with Crippen LogP contribution in [0.5, 0.6) is 5.75 Å². The van der Waals surface area contributed by atoms with E-state index in [4.69, 9.17) is 9.47 Å². The summed E-state index contributed by atoms with van der Waals surface area (Å²) >= 11 is 0. The van der Waals surface area contributed by atoms with Crippen molar-refractivity contribution in [2.45, 2.75) is 26.2 Å². The van der Waals surface area contributed by atoms with Crippen molar-refractivity contribution < 1.29 is 19.1 Å². The molecule has 35 heavy (non-hydrogen) atoms. The number of aromatic amines is 1. The molecule has 0 unspecified atom stereocenters. The largest absolute Gasteiger partial charge is 0.490 e. The van der Waals surface area contributed by atoms with E-state index < -0.39 is 0 Å². The van der Waals surface area contributed by atoms with Gasteiger partial charge in [0.25, 0.3) is 11.8 Å². The Labute approximate surface area is 204 Å². The number of rotatable bonds is 7. The summed E-state index contributed by atoms with van der Waals surface area (Å²) in [5.41, 5.74) is 5.31. The van der Waals surface area contributed by atoms with Gasteiger partial charge in [-0.2, -0.15) is 0 Å². The van der Waals surface area contributed by atoms with Crippen LogP contribution in [0.3, 0.4) is 0 Å². The Morgan fingerprint density at radius 3 is 2.51 bits per heavy atom. The van der Waals surface area contributed by atoms with Crippen LogP contribution in [-0.2, 0) is 17.6 Å². The zero-order valence-electron chi connectivity index (χ0n) is 20.5. The van der Waals surface area contributed by atoms with E-state index in [-0.39, 0.29) is 11.8 Å². The van der Waals surface area contributed by atoms with Crippen LogP contribution < -0.4 is 4.74 Å². The number of likely N-dealkylation sites (N-methyl/N-ethyl adjacent to an activating group) is 1. The average molecular weight is 477 g/mol. The van der Waals surface area contributed by atoms with Crippen LogP contribution in [-0.4, -0.2) is 91.2 Å². The summed E-state index contributed by atoms with van der Waals surface area (Å²) in [7, 11) is 2.10. The molecule has 3 aromatic rings. The number of aromatic nitrogens is 1. The normalized spacial score (nSPS) is 18.7.